The van der Waals surface area contributed by atoms with Gasteiger partial charge in [-0.25, -0.2) is 4.79 Å². The molecule has 1 aliphatic rings. The van der Waals surface area contributed by atoms with Crippen LogP contribution in [0.15, 0.2) is 11.6 Å². The SMILES string of the molecule is C/C=C(/C(=O)OC)C1CCNCC1. The average molecular weight is 183 g/mol. The topological polar surface area (TPSA) is 38.3 Å². The second-order valence-electron chi connectivity index (χ2n) is 3.26. The molecule has 1 heterocycles. The maximum absolute atomic E-state index is 11.3. The zero-order chi connectivity index (χ0) is 9.68. The number of ether oxygens (including phenoxy) is 1. The first-order valence-corrected chi connectivity index (χ1v) is 4.74. The van der Waals surface area contributed by atoms with Crippen molar-refractivity contribution in [1.82, 2.24) is 5.32 Å². The molecular weight excluding hydrogens is 166 g/mol. The molecule has 3 heteroatoms. The number of nitrogens with one attached hydrogen (secondary N) is 1. The molecule has 0 amide bonds. The Balaban J connectivity index is 2.60. The largest absolute Gasteiger partial charge is 0.466 e. The van der Waals surface area contributed by atoms with Gasteiger partial charge in [0.1, 0.15) is 0 Å². The van der Waals surface area contributed by atoms with Gasteiger partial charge in [-0.1, -0.05) is 6.08 Å². The van der Waals surface area contributed by atoms with E-state index in [2.05, 4.69) is 5.32 Å². The van der Waals surface area contributed by atoms with Crippen LogP contribution in [-0.4, -0.2) is 26.2 Å². The normalized spacial score (nSPS) is 20.0. The molecule has 1 saturated heterocycles. The quantitative estimate of drug-likeness (QED) is 0.514. The second kappa shape index (κ2) is 5.02. The third-order valence-electron chi connectivity index (χ3n) is 2.51. The first kappa shape index (κ1) is 10.3. The van der Waals surface area contributed by atoms with Gasteiger partial charge in [-0.2, -0.15) is 0 Å². The van der Waals surface area contributed by atoms with Crippen LogP contribution in [0.3, 0.4) is 0 Å². The van der Waals surface area contributed by atoms with Crippen molar-refractivity contribution in [1.29, 1.82) is 0 Å². The van der Waals surface area contributed by atoms with Crippen molar-refractivity contribution >= 4 is 5.97 Å². The summed E-state index contributed by atoms with van der Waals surface area (Å²) >= 11 is 0. The first-order valence-electron chi connectivity index (χ1n) is 4.74. The van der Waals surface area contributed by atoms with E-state index in [4.69, 9.17) is 4.74 Å². The van der Waals surface area contributed by atoms with E-state index in [0.29, 0.717) is 5.92 Å². The minimum atomic E-state index is -0.172. The summed E-state index contributed by atoms with van der Waals surface area (Å²) in [5, 5.41) is 3.27. The van der Waals surface area contributed by atoms with E-state index in [1.807, 2.05) is 13.0 Å². The van der Waals surface area contributed by atoms with Gasteiger partial charge < -0.3 is 10.1 Å². The van der Waals surface area contributed by atoms with Crippen LogP contribution in [0.5, 0.6) is 0 Å². The molecule has 1 fully saturated rings. The molecule has 0 aromatic carbocycles. The number of hydrogen-bond donors (Lipinski definition) is 1. The van der Waals surface area contributed by atoms with Crippen molar-refractivity contribution in [3.63, 3.8) is 0 Å². The lowest BCUT2D eigenvalue weighted by Crippen LogP contribution is -2.30. The molecule has 0 atom stereocenters. The van der Waals surface area contributed by atoms with E-state index in [0.717, 1.165) is 31.5 Å². The summed E-state index contributed by atoms with van der Waals surface area (Å²) in [6.45, 7) is 3.90. The fourth-order valence-corrected chi connectivity index (χ4v) is 1.77. The number of rotatable bonds is 2. The molecule has 0 unspecified atom stereocenters. The number of methoxy groups -OCH3 is 1. The average Bonchev–Trinajstić information content (AvgIpc) is 2.20. The van der Waals surface area contributed by atoms with Crippen molar-refractivity contribution in [2.24, 2.45) is 5.92 Å². The Bertz CT molecular complexity index is 205. The molecule has 0 spiro atoms. The number of carbonyl (C=O) groups is 1. The molecular formula is C10H17NO2. The lowest BCUT2D eigenvalue weighted by Gasteiger charge is -2.23. The summed E-state index contributed by atoms with van der Waals surface area (Å²) in [7, 11) is 1.44. The van der Waals surface area contributed by atoms with E-state index < -0.39 is 0 Å². The van der Waals surface area contributed by atoms with Gasteiger partial charge in [0.05, 0.1) is 7.11 Å². The maximum atomic E-state index is 11.3. The van der Waals surface area contributed by atoms with Crippen molar-refractivity contribution in [3.8, 4) is 0 Å². The molecule has 1 rings (SSSR count). The fraction of sp³-hybridized carbons (Fsp3) is 0.700. The third-order valence-corrected chi connectivity index (χ3v) is 2.51. The summed E-state index contributed by atoms with van der Waals surface area (Å²) < 4.78 is 4.73. The molecule has 74 valence electrons. The summed E-state index contributed by atoms with van der Waals surface area (Å²) in [6.07, 6.45) is 3.95. The third kappa shape index (κ3) is 2.56. The summed E-state index contributed by atoms with van der Waals surface area (Å²) in [6, 6.07) is 0. The molecule has 0 radical (unpaired) electrons. The molecule has 13 heavy (non-hydrogen) atoms. The summed E-state index contributed by atoms with van der Waals surface area (Å²) in [5.74, 6) is 0.216. The Kier molecular flexibility index (Phi) is 3.96. The van der Waals surface area contributed by atoms with Crippen molar-refractivity contribution in [2.75, 3.05) is 20.2 Å². The van der Waals surface area contributed by atoms with E-state index >= 15 is 0 Å². The summed E-state index contributed by atoms with van der Waals surface area (Å²) in [4.78, 5) is 11.3. The van der Waals surface area contributed by atoms with E-state index in [1.165, 1.54) is 7.11 Å². The molecule has 0 aromatic heterocycles. The van der Waals surface area contributed by atoms with E-state index in [9.17, 15) is 4.79 Å². The van der Waals surface area contributed by atoms with Gasteiger partial charge in [0, 0.05) is 5.57 Å². The lowest BCUT2D eigenvalue weighted by atomic mass is 9.90. The molecule has 0 bridgehead atoms. The minimum absolute atomic E-state index is 0.172. The van der Waals surface area contributed by atoms with Gasteiger partial charge in [0.2, 0.25) is 0 Å². The van der Waals surface area contributed by atoms with Crippen LogP contribution in [0, 0.1) is 5.92 Å². The lowest BCUT2D eigenvalue weighted by molar-refractivity contribution is -0.136. The minimum Gasteiger partial charge on any atom is -0.466 e. The summed E-state index contributed by atoms with van der Waals surface area (Å²) in [5.41, 5.74) is 0.837. The number of carbonyl (C=O) groups excluding carboxylic acids is 1. The van der Waals surface area contributed by atoms with Crippen LogP contribution in [-0.2, 0) is 9.53 Å². The molecule has 0 saturated carbocycles. The van der Waals surface area contributed by atoms with Crippen LogP contribution in [0.2, 0.25) is 0 Å². The van der Waals surface area contributed by atoms with Crippen LogP contribution >= 0.6 is 0 Å². The number of hydrogen-bond acceptors (Lipinski definition) is 3. The maximum Gasteiger partial charge on any atom is 0.333 e. The zero-order valence-corrected chi connectivity index (χ0v) is 8.30. The predicted molar refractivity (Wildman–Crippen MR) is 51.4 cm³/mol. The second-order valence-corrected chi connectivity index (χ2v) is 3.26. The number of allylic oxidation sites excluding steroid dienone is 1. The highest BCUT2D eigenvalue weighted by Gasteiger charge is 2.22. The van der Waals surface area contributed by atoms with Gasteiger partial charge in [0.15, 0.2) is 0 Å². The Morgan fingerprint density at radius 1 is 1.46 bits per heavy atom. The highest BCUT2D eigenvalue weighted by atomic mass is 16.5. The zero-order valence-electron chi connectivity index (χ0n) is 8.30. The van der Waals surface area contributed by atoms with Crippen LogP contribution < -0.4 is 5.32 Å². The Morgan fingerprint density at radius 2 is 2.08 bits per heavy atom. The molecule has 1 N–H and O–H groups in total. The van der Waals surface area contributed by atoms with E-state index in [-0.39, 0.29) is 5.97 Å². The Labute approximate surface area is 79.2 Å². The smallest absolute Gasteiger partial charge is 0.333 e. The van der Waals surface area contributed by atoms with Gasteiger partial charge in [0.25, 0.3) is 0 Å². The van der Waals surface area contributed by atoms with Gasteiger partial charge in [-0.3, -0.25) is 0 Å². The monoisotopic (exact) mass is 183 g/mol. The van der Waals surface area contributed by atoms with Crippen molar-refractivity contribution in [2.45, 2.75) is 19.8 Å². The van der Waals surface area contributed by atoms with Gasteiger partial charge in [-0.05, 0) is 38.8 Å². The Hall–Kier alpha value is -0.830. The highest BCUT2D eigenvalue weighted by molar-refractivity contribution is 5.88. The number of piperidine rings is 1. The van der Waals surface area contributed by atoms with Crippen molar-refractivity contribution < 1.29 is 9.53 Å². The van der Waals surface area contributed by atoms with Crippen LogP contribution in [0.4, 0.5) is 0 Å². The highest BCUT2D eigenvalue weighted by Crippen LogP contribution is 2.22. The molecule has 0 aromatic rings. The van der Waals surface area contributed by atoms with E-state index in [1.54, 1.807) is 0 Å². The van der Waals surface area contributed by atoms with Crippen LogP contribution in [0.1, 0.15) is 19.8 Å². The van der Waals surface area contributed by atoms with Crippen LogP contribution in [0.25, 0.3) is 0 Å². The molecule has 1 aliphatic heterocycles. The predicted octanol–water partition coefficient (Wildman–Crippen LogP) is 1.11. The molecule has 0 aliphatic carbocycles. The van der Waals surface area contributed by atoms with Gasteiger partial charge in [-0.15, -0.1) is 0 Å². The van der Waals surface area contributed by atoms with Gasteiger partial charge >= 0.3 is 5.97 Å². The van der Waals surface area contributed by atoms with Crippen molar-refractivity contribution in [3.05, 3.63) is 11.6 Å². The Morgan fingerprint density at radius 3 is 2.54 bits per heavy atom. The standard InChI is InChI=1S/C10H17NO2/c1-3-9(10(12)13-2)8-4-6-11-7-5-8/h3,8,11H,4-7H2,1-2H3/b9-3+. The first-order chi connectivity index (χ1) is 6.29. The molecule has 3 nitrogen and oxygen atoms in total. The fourth-order valence-electron chi connectivity index (χ4n) is 1.77. The number of esters is 1.